The minimum atomic E-state index is 1.10. The molecule has 0 atom stereocenters. The monoisotopic (exact) mass is 256 g/mol. The van der Waals surface area contributed by atoms with Crippen LogP contribution in [0.3, 0.4) is 0 Å². The third kappa shape index (κ3) is 2.89. The number of aromatic nitrogens is 1. The van der Waals surface area contributed by atoms with E-state index in [4.69, 9.17) is 0 Å². The third-order valence-electron chi connectivity index (χ3n) is 3.72. The van der Waals surface area contributed by atoms with E-state index in [2.05, 4.69) is 35.0 Å². The Kier molecular flexibility index (Phi) is 4.78. The van der Waals surface area contributed by atoms with Crippen LogP contribution in [0.4, 0.5) is 5.69 Å². The van der Waals surface area contributed by atoms with Crippen molar-refractivity contribution in [2.45, 2.75) is 40.0 Å². The molecule has 1 fully saturated rings. The lowest BCUT2D eigenvalue weighted by atomic mass is 10.0. The average molecular weight is 256 g/mol. The van der Waals surface area contributed by atoms with Crippen LogP contribution in [0.25, 0.3) is 10.9 Å². The number of pyridine rings is 1. The zero-order valence-electron chi connectivity index (χ0n) is 12.3. The van der Waals surface area contributed by atoms with Crippen LogP contribution in [0.15, 0.2) is 30.5 Å². The van der Waals surface area contributed by atoms with Gasteiger partial charge in [-0.05, 0) is 49.9 Å². The highest BCUT2D eigenvalue weighted by Crippen LogP contribution is 2.28. The summed E-state index contributed by atoms with van der Waals surface area (Å²) in [4.78, 5) is 6.93. The van der Waals surface area contributed by atoms with E-state index in [9.17, 15) is 0 Å². The molecule has 102 valence electrons. The first-order valence-corrected chi connectivity index (χ1v) is 7.45. The summed E-state index contributed by atoms with van der Waals surface area (Å²) in [6.45, 7) is 8.62. The Hall–Kier alpha value is -1.57. The van der Waals surface area contributed by atoms with Crippen molar-refractivity contribution in [3.05, 3.63) is 36.0 Å². The van der Waals surface area contributed by atoms with Crippen molar-refractivity contribution in [1.82, 2.24) is 4.98 Å². The molecule has 0 saturated carbocycles. The van der Waals surface area contributed by atoms with E-state index in [0.717, 1.165) is 5.52 Å². The first-order chi connectivity index (χ1) is 9.36. The maximum absolute atomic E-state index is 4.41. The molecule has 0 N–H and O–H groups in total. The number of hydrogen-bond acceptors (Lipinski definition) is 2. The summed E-state index contributed by atoms with van der Waals surface area (Å²) in [5.41, 5.74) is 3.87. The molecule has 3 rings (SSSR count). The molecule has 0 aliphatic carbocycles. The standard InChI is InChI=1S/C15H18N2.C2H6/c1-12-13-6-5-9-16-14(13)7-8-15(12)17-10-3-2-4-11-17;1-2/h5-9H,2-4,10-11H2,1H3;1-2H3. The van der Waals surface area contributed by atoms with Crippen LogP contribution < -0.4 is 4.90 Å². The van der Waals surface area contributed by atoms with Crippen molar-refractivity contribution < 1.29 is 0 Å². The van der Waals surface area contributed by atoms with E-state index in [1.54, 1.807) is 0 Å². The Labute approximate surface area is 116 Å². The molecule has 1 aliphatic heterocycles. The lowest BCUT2D eigenvalue weighted by Crippen LogP contribution is -2.29. The van der Waals surface area contributed by atoms with Gasteiger partial charge >= 0.3 is 0 Å². The maximum atomic E-state index is 4.41. The summed E-state index contributed by atoms with van der Waals surface area (Å²) in [6, 6.07) is 8.57. The second-order valence-electron chi connectivity index (χ2n) is 4.83. The highest BCUT2D eigenvalue weighted by atomic mass is 15.1. The van der Waals surface area contributed by atoms with Crippen LogP contribution in [0.2, 0.25) is 0 Å². The molecule has 2 aromatic rings. The number of piperidine rings is 1. The molecule has 2 heteroatoms. The maximum Gasteiger partial charge on any atom is 0.0706 e. The van der Waals surface area contributed by atoms with Crippen LogP contribution >= 0.6 is 0 Å². The predicted molar refractivity (Wildman–Crippen MR) is 83.9 cm³/mol. The second-order valence-corrected chi connectivity index (χ2v) is 4.83. The topological polar surface area (TPSA) is 16.1 Å². The number of aryl methyl sites for hydroxylation is 1. The number of fused-ring (bicyclic) bond motifs is 1. The van der Waals surface area contributed by atoms with Gasteiger partial charge in [-0.15, -0.1) is 0 Å². The molecular weight excluding hydrogens is 232 g/mol. The van der Waals surface area contributed by atoms with Crippen molar-refractivity contribution in [3.63, 3.8) is 0 Å². The van der Waals surface area contributed by atoms with Gasteiger partial charge in [-0.1, -0.05) is 19.9 Å². The van der Waals surface area contributed by atoms with E-state index in [1.807, 2.05) is 26.1 Å². The molecule has 0 spiro atoms. The molecule has 0 amide bonds. The molecule has 1 aliphatic rings. The minimum Gasteiger partial charge on any atom is -0.371 e. The number of benzene rings is 1. The van der Waals surface area contributed by atoms with Gasteiger partial charge in [0.15, 0.2) is 0 Å². The molecule has 1 aromatic carbocycles. The summed E-state index contributed by atoms with van der Waals surface area (Å²) in [5.74, 6) is 0. The van der Waals surface area contributed by atoms with Crippen LogP contribution in [-0.4, -0.2) is 18.1 Å². The average Bonchev–Trinajstić information content (AvgIpc) is 2.51. The molecular formula is C17H24N2. The minimum absolute atomic E-state index is 1.10. The van der Waals surface area contributed by atoms with E-state index >= 15 is 0 Å². The summed E-state index contributed by atoms with van der Waals surface area (Å²) in [7, 11) is 0. The summed E-state index contributed by atoms with van der Waals surface area (Å²) in [5, 5.41) is 1.29. The molecule has 1 aromatic heterocycles. The number of anilines is 1. The summed E-state index contributed by atoms with van der Waals surface area (Å²) >= 11 is 0. The van der Waals surface area contributed by atoms with E-state index in [-0.39, 0.29) is 0 Å². The molecule has 2 nitrogen and oxygen atoms in total. The van der Waals surface area contributed by atoms with Gasteiger partial charge in [-0.3, -0.25) is 4.98 Å². The fourth-order valence-electron chi connectivity index (χ4n) is 2.77. The van der Waals surface area contributed by atoms with Crippen molar-refractivity contribution in [2.24, 2.45) is 0 Å². The van der Waals surface area contributed by atoms with Gasteiger partial charge in [0.05, 0.1) is 5.52 Å². The lowest BCUT2D eigenvalue weighted by molar-refractivity contribution is 0.577. The Morgan fingerprint density at radius 2 is 1.74 bits per heavy atom. The third-order valence-corrected chi connectivity index (χ3v) is 3.72. The van der Waals surface area contributed by atoms with E-state index < -0.39 is 0 Å². The van der Waals surface area contributed by atoms with Gasteiger partial charge in [0, 0.05) is 30.4 Å². The highest BCUT2D eigenvalue weighted by Gasteiger charge is 2.14. The van der Waals surface area contributed by atoms with Gasteiger partial charge in [0.2, 0.25) is 0 Å². The van der Waals surface area contributed by atoms with Gasteiger partial charge in [0.25, 0.3) is 0 Å². The zero-order chi connectivity index (χ0) is 13.7. The highest BCUT2D eigenvalue weighted by molar-refractivity contribution is 5.87. The quantitative estimate of drug-likeness (QED) is 0.743. The van der Waals surface area contributed by atoms with Gasteiger partial charge in [0.1, 0.15) is 0 Å². The predicted octanol–water partition coefficient (Wildman–Crippen LogP) is 4.56. The van der Waals surface area contributed by atoms with Crippen molar-refractivity contribution in [2.75, 3.05) is 18.0 Å². The first kappa shape index (κ1) is 13.9. The van der Waals surface area contributed by atoms with Crippen molar-refractivity contribution >= 4 is 16.6 Å². The van der Waals surface area contributed by atoms with E-state index in [0.29, 0.717) is 0 Å². The molecule has 1 saturated heterocycles. The Bertz CT molecular complexity index is 528. The van der Waals surface area contributed by atoms with E-state index in [1.165, 1.54) is 49.0 Å². The Morgan fingerprint density at radius 1 is 1.00 bits per heavy atom. The fraction of sp³-hybridized carbons (Fsp3) is 0.471. The first-order valence-electron chi connectivity index (χ1n) is 7.45. The molecule has 2 heterocycles. The Balaban J connectivity index is 0.000000637. The zero-order valence-corrected chi connectivity index (χ0v) is 12.3. The van der Waals surface area contributed by atoms with Crippen LogP contribution in [-0.2, 0) is 0 Å². The molecule has 0 radical (unpaired) electrons. The summed E-state index contributed by atoms with van der Waals surface area (Å²) in [6.07, 6.45) is 5.89. The molecule has 19 heavy (non-hydrogen) atoms. The molecule has 0 unspecified atom stereocenters. The van der Waals surface area contributed by atoms with Gasteiger partial charge in [-0.25, -0.2) is 0 Å². The number of hydrogen-bond donors (Lipinski definition) is 0. The van der Waals surface area contributed by atoms with Gasteiger partial charge < -0.3 is 4.90 Å². The smallest absolute Gasteiger partial charge is 0.0706 e. The summed E-state index contributed by atoms with van der Waals surface area (Å²) < 4.78 is 0. The van der Waals surface area contributed by atoms with Crippen LogP contribution in [0.5, 0.6) is 0 Å². The largest absolute Gasteiger partial charge is 0.371 e. The lowest BCUT2D eigenvalue weighted by Gasteiger charge is -2.30. The normalized spacial score (nSPS) is 15.0. The van der Waals surface area contributed by atoms with Crippen molar-refractivity contribution in [1.29, 1.82) is 0 Å². The number of rotatable bonds is 1. The Morgan fingerprint density at radius 3 is 2.47 bits per heavy atom. The SMILES string of the molecule is CC.Cc1c(N2CCCCC2)ccc2ncccc12. The van der Waals surface area contributed by atoms with Crippen LogP contribution in [0.1, 0.15) is 38.7 Å². The second kappa shape index (κ2) is 6.55. The van der Waals surface area contributed by atoms with Gasteiger partial charge in [-0.2, -0.15) is 0 Å². The number of nitrogens with zero attached hydrogens (tertiary/aromatic N) is 2. The van der Waals surface area contributed by atoms with Crippen LogP contribution in [0, 0.1) is 6.92 Å². The fourth-order valence-corrected chi connectivity index (χ4v) is 2.77. The molecule has 0 bridgehead atoms. The van der Waals surface area contributed by atoms with Crippen molar-refractivity contribution in [3.8, 4) is 0 Å².